The molecule has 8 heteroatoms. The minimum Gasteiger partial charge on any atom is -0.486 e. The third-order valence-electron chi connectivity index (χ3n) is 4.46. The summed E-state index contributed by atoms with van der Waals surface area (Å²) in [5.41, 5.74) is 2.22. The Hall–Kier alpha value is -3.16. The summed E-state index contributed by atoms with van der Waals surface area (Å²) >= 11 is 0. The first-order chi connectivity index (χ1) is 13.0. The van der Waals surface area contributed by atoms with Crippen LogP contribution in [-0.2, 0) is 13.0 Å². The molecule has 0 radical (unpaired) electrons. The maximum Gasteiger partial charge on any atom is 0.347 e. The lowest BCUT2D eigenvalue weighted by Crippen LogP contribution is -2.27. The number of ether oxygens (including phenoxy) is 2. The average Bonchev–Trinajstić information content (AvgIpc) is 3.01. The van der Waals surface area contributed by atoms with Gasteiger partial charge < -0.3 is 9.47 Å². The molecule has 0 aliphatic carbocycles. The Bertz CT molecular complexity index is 1050. The molecule has 0 fully saturated rings. The van der Waals surface area contributed by atoms with E-state index in [-0.39, 0.29) is 5.69 Å². The van der Waals surface area contributed by atoms with E-state index in [0.717, 1.165) is 28.6 Å². The Morgan fingerprint density at radius 1 is 1.04 bits per heavy atom. The van der Waals surface area contributed by atoms with Crippen LogP contribution in [-0.4, -0.2) is 37.5 Å². The highest BCUT2D eigenvalue weighted by Crippen LogP contribution is 2.32. The van der Waals surface area contributed by atoms with Crippen LogP contribution in [0.25, 0.3) is 5.69 Å². The second-order valence-corrected chi connectivity index (χ2v) is 6.54. The van der Waals surface area contributed by atoms with Gasteiger partial charge in [-0.3, -0.25) is 4.57 Å². The van der Waals surface area contributed by atoms with Gasteiger partial charge in [0, 0.05) is 30.4 Å². The smallest absolute Gasteiger partial charge is 0.347 e. The van der Waals surface area contributed by atoms with Crippen LogP contribution in [0.5, 0.6) is 11.5 Å². The van der Waals surface area contributed by atoms with Crippen molar-refractivity contribution in [3.8, 4) is 17.2 Å². The molecule has 0 saturated heterocycles. The first-order valence-electron chi connectivity index (χ1n) is 8.89. The van der Waals surface area contributed by atoms with Crippen LogP contribution in [0.2, 0.25) is 0 Å². The van der Waals surface area contributed by atoms with Crippen LogP contribution in [0, 0.1) is 20.8 Å². The van der Waals surface area contributed by atoms with E-state index in [9.17, 15) is 4.79 Å². The summed E-state index contributed by atoms with van der Waals surface area (Å²) in [4.78, 5) is 20.7. The van der Waals surface area contributed by atoms with Crippen molar-refractivity contribution in [2.45, 2.75) is 33.7 Å². The van der Waals surface area contributed by atoms with Crippen molar-refractivity contribution in [2.24, 2.45) is 0 Å². The topological polar surface area (TPSA) is 84.1 Å². The van der Waals surface area contributed by atoms with Crippen molar-refractivity contribution in [1.29, 1.82) is 0 Å². The molecule has 0 bridgehead atoms. The molecule has 2 aromatic heterocycles. The third kappa shape index (κ3) is 3.42. The summed E-state index contributed by atoms with van der Waals surface area (Å²) in [5.74, 6) is 2.88. The van der Waals surface area contributed by atoms with Gasteiger partial charge in [0.2, 0.25) is 0 Å². The molecule has 0 amide bonds. The Morgan fingerprint density at radius 2 is 1.81 bits per heavy atom. The third-order valence-corrected chi connectivity index (χ3v) is 4.46. The van der Waals surface area contributed by atoms with Gasteiger partial charge in [-0.15, -0.1) is 0 Å². The number of hydrogen-bond donors (Lipinski definition) is 0. The van der Waals surface area contributed by atoms with E-state index in [4.69, 9.17) is 9.47 Å². The summed E-state index contributed by atoms with van der Waals surface area (Å²) < 4.78 is 14.7. The number of aromatic nitrogens is 5. The summed E-state index contributed by atoms with van der Waals surface area (Å²) in [6, 6.07) is 7.61. The van der Waals surface area contributed by atoms with Gasteiger partial charge in [0.15, 0.2) is 11.5 Å². The van der Waals surface area contributed by atoms with Gasteiger partial charge in [-0.25, -0.2) is 14.5 Å². The Balaban J connectivity index is 1.63. The Morgan fingerprint density at radius 3 is 2.59 bits per heavy atom. The van der Waals surface area contributed by atoms with Gasteiger partial charge >= 0.3 is 5.69 Å². The zero-order valence-corrected chi connectivity index (χ0v) is 15.6. The first kappa shape index (κ1) is 17.3. The zero-order chi connectivity index (χ0) is 19.0. The molecule has 8 nitrogen and oxygen atoms in total. The zero-order valence-electron chi connectivity index (χ0n) is 15.6. The largest absolute Gasteiger partial charge is 0.486 e. The molecule has 1 aliphatic heterocycles. The van der Waals surface area contributed by atoms with Crippen molar-refractivity contribution in [1.82, 2.24) is 24.3 Å². The lowest BCUT2D eigenvalue weighted by Gasteiger charge is -2.19. The van der Waals surface area contributed by atoms with Crippen molar-refractivity contribution >= 4 is 0 Å². The standard InChI is InChI=1S/C19H21N5O3/c1-12-10-13(2)23(19(25)20-12)7-6-18-21-14(3)22-24(18)15-4-5-16-17(11-15)27-9-8-26-16/h4-5,10-11H,6-9H2,1-3H3. The highest BCUT2D eigenvalue weighted by Gasteiger charge is 2.16. The molecule has 4 rings (SSSR count). The molecule has 0 saturated carbocycles. The van der Waals surface area contributed by atoms with Crippen molar-refractivity contribution in [3.05, 3.63) is 57.8 Å². The van der Waals surface area contributed by atoms with Crippen molar-refractivity contribution in [3.63, 3.8) is 0 Å². The molecule has 140 valence electrons. The van der Waals surface area contributed by atoms with Crippen LogP contribution in [0.3, 0.4) is 0 Å². The first-order valence-corrected chi connectivity index (χ1v) is 8.89. The molecular weight excluding hydrogens is 346 g/mol. The molecule has 3 heterocycles. The normalized spacial score (nSPS) is 13.0. The summed E-state index contributed by atoms with van der Waals surface area (Å²) in [6.45, 7) is 7.15. The van der Waals surface area contributed by atoms with E-state index in [0.29, 0.717) is 37.8 Å². The summed E-state index contributed by atoms with van der Waals surface area (Å²) in [7, 11) is 0. The second-order valence-electron chi connectivity index (χ2n) is 6.54. The SMILES string of the molecule is Cc1cc(C)n(CCc2nc(C)nn2-c2ccc3c(c2)OCCO3)c(=O)n1. The van der Waals surface area contributed by atoms with Crippen molar-refractivity contribution in [2.75, 3.05) is 13.2 Å². The molecular formula is C19H21N5O3. The lowest BCUT2D eigenvalue weighted by atomic mass is 10.2. The lowest BCUT2D eigenvalue weighted by molar-refractivity contribution is 0.171. The average molecular weight is 367 g/mol. The van der Waals surface area contributed by atoms with E-state index in [1.807, 2.05) is 45.0 Å². The summed E-state index contributed by atoms with van der Waals surface area (Å²) in [6.07, 6.45) is 0.556. The molecule has 27 heavy (non-hydrogen) atoms. The number of aryl methyl sites for hydroxylation is 4. The number of hydrogen-bond acceptors (Lipinski definition) is 6. The van der Waals surface area contributed by atoms with Gasteiger partial charge in [0.25, 0.3) is 0 Å². The summed E-state index contributed by atoms with van der Waals surface area (Å²) in [5, 5.41) is 4.51. The molecule has 3 aromatic rings. The van der Waals surface area contributed by atoms with Crippen LogP contribution in [0.4, 0.5) is 0 Å². The van der Waals surface area contributed by atoms with Gasteiger partial charge in [0.1, 0.15) is 24.9 Å². The number of fused-ring (bicyclic) bond motifs is 1. The van der Waals surface area contributed by atoms with Crippen molar-refractivity contribution < 1.29 is 9.47 Å². The maximum atomic E-state index is 12.2. The minimum absolute atomic E-state index is 0.241. The van der Waals surface area contributed by atoms with Crippen LogP contribution in [0.15, 0.2) is 29.1 Å². The van der Waals surface area contributed by atoms with E-state index in [1.165, 1.54) is 0 Å². The van der Waals surface area contributed by atoms with E-state index in [2.05, 4.69) is 15.1 Å². The second kappa shape index (κ2) is 6.86. The van der Waals surface area contributed by atoms with Crippen LogP contribution in [0.1, 0.15) is 23.0 Å². The fraction of sp³-hybridized carbons (Fsp3) is 0.368. The highest BCUT2D eigenvalue weighted by molar-refractivity contribution is 5.49. The molecule has 1 aliphatic rings. The van der Waals surface area contributed by atoms with Crippen LogP contribution >= 0.6 is 0 Å². The molecule has 0 N–H and O–H groups in total. The fourth-order valence-electron chi connectivity index (χ4n) is 3.25. The number of nitrogens with zero attached hydrogens (tertiary/aromatic N) is 5. The quantitative estimate of drug-likeness (QED) is 0.699. The number of rotatable bonds is 4. The minimum atomic E-state index is -0.241. The fourth-order valence-corrected chi connectivity index (χ4v) is 3.25. The number of benzene rings is 1. The highest BCUT2D eigenvalue weighted by atomic mass is 16.6. The molecule has 1 aromatic carbocycles. The molecule has 0 spiro atoms. The maximum absolute atomic E-state index is 12.2. The Kier molecular flexibility index (Phi) is 4.39. The predicted molar refractivity (Wildman–Crippen MR) is 98.8 cm³/mol. The van der Waals surface area contributed by atoms with E-state index in [1.54, 1.807) is 9.25 Å². The predicted octanol–water partition coefficient (Wildman–Crippen LogP) is 1.76. The monoisotopic (exact) mass is 367 g/mol. The van der Waals surface area contributed by atoms with E-state index >= 15 is 0 Å². The van der Waals surface area contributed by atoms with Gasteiger partial charge in [-0.05, 0) is 39.0 Å². The van der Waals surface area contributed by atoms with Crippen LogP contribution < -0.4 is 15.2 Å². The molecule has 0 atom stereocenters. The van der Waals surface area contributed by atoms with Gasteiger partial charge in [0.05, 0.1) is 5.69 Å². The Labute approximate surface area is 156 Å². The van der Waals surface area contributed by atoms with Gasteiger partial charge in [-0.1, -0.05) is 0 Å². The molecule has 0 unspecified atom stereocenters. The van der Waals surface area contributed by atoms with Gasteiger partial charge in [-0.2, -0.15) is 10.1 Å². The van der Waals surface area contributed by atoms with E-state index < -0.39 is 0 Å².